The molecule has 0 saturated heterocycles. The van der Waals surface area contributed by atoms with E-state index in [-0.39, 0.29) is 0 Å². The minimum Gasteiger partial charge on any atom is -0.0847 e. The summed E-state index contributed by atoms with van der Waals surface area (Å²) in [4.78, 5) is 0. The second-order valence-corrected chi connectivity index (χ2v) is 6.99. The number of hydrogen-bond acceptors (Lipinski definition) is 0. The van der Waals surface area contributed by atoms with Gasteiger partial charge in [-0.1, -0.05) is 32.4 Å². The molecular weight excluding hydrogens is 180 g/mol. The molecule has 2 fully saturated rings. The summed E-state index contributed by atoms with van der Waals surface area (Å²) in [5.74, 6) is 2.86. The summed E-state index contributed by atoms with van der Waals surface area (Å²) in [6, 6.07) is 0. The zero-order valence-electron chi connectivity index (χ0n) is 10.6. The van der Waals surface area contributed by atoms with E-state index in [2.05, 4.69) is 33.8 Å². The molecule has 0 aromatic carbocycles. The quantitative estimate of drug-likeness (QED) is 0.513. The summed E-state index contributed by atoms with van der Waals surface area (Å²) >= 11 is 0. The van der Waals surface area contributed by atoms with Crippen molar-refractivity contribution in [1.29, 1.82) is 0 Å². The molecule has 3 aliphatic carbocycles. The molecule has 1 unspecified atom stereocenters. The highest BCUT2D eigenvalue weighted by molar-refractivity contribution is 5.25. The molecule has 4 atom stereocenters. The fourth-order valence-corrected chi connectivity index (χ4v) is 5.35. The number of allylic oxidation sites excluding steroid dienone is 2. The molecule has 1 spiro atoms. The Labute approximate surface area is 94.1 Å². The Balaban J connectivity index is 2.11. The Morgan fingerprint density at radius 2 is 2.00 bits per heavy atom. The van der Waals surface area contributed by atoms with Crippen molar-refractivity contribution in [1.82, 2.24) is 0 Å². The van der Waals surface area contributed by atoms with Gasteiger partial charge in [0.1, 0.15) is 0 Å². The molecule has 0 heteroatoms. The molecule has 0 aliphatic heterocycles. The van der Waals surface area contributed by atoms with Gasteiger partial charge < -0.3 is 0 Å². The number of hydrogen-bond donors (Lipinski definition) is 0. The maximum Gasteiger partial charge on any atom is -0.0146 e. The Morgan fingerprint density at radius 3 is 2.73 bits per heavy atom. The van der Waals surface area contributed by atoms with E-state index in [9.17, 15) is 0 Å². The fraction of sp³-hybridized carbons (Fsp3) is 0.867. The van der Waals surface area contributed by atoms with Crippen LogP contribution in [0.3, 0.4) is 0 Å². The molecule has 2 bridgehead atoms. The van der Waals surface area contributed by atoms with E-state index >= 15 is 0 Å². The van der Waals surface area contributed by atoms with Gasteiger partial charge in [0.25, 0.3) is 0 Å². The summed E-state index contributed by atoms with van der Waals surface area (Å²) < 4.78 is 0. The third-order valence-electron chi connectivity index (χ3n) is 6.30. The van der Waals surface area contributed by atoms with Gasteiger partial charge in [-0.05, 0) is 61.2 Å². The lowest BCUT2D eigenvalue weighted by Crippen LogP contribution is -2.30. The summed E-state index contributed by atoms with van der Waals surface area (Å²) in [6.45, 7) is 9.94. The summed E-state index contributed by atoms with van der Waals surface area (Å²) in [5.41, 5.74) is 2.96. The van der Waals surface area contributed by atoms with Crippen molar-refractivity contribution in [2.24, 2.45) is 28.6 Å². The van der Waals surface area contributed by atoms with Crippen molar-refractivity contribution in [2.45, 2.75) is 53.4 Å². The molecule has 0 N–H and O–H groups in total. The fourth-order valence-electron chi connectivity index (χ4n) is 5.35. The number of rotatable bonds is 0. The zero-order valence-corrected chi connectivity index (χ0v) is 10.6. The van der Waals surface area contributed by atoms with Crippen molar-refractivity contribution >= 4 is 0 Å². The van der Waals surface area contributed by atoms with Crippen LogP contribution in [0.4, 0.5) is 0 Å². The molecule has 84 valence electrons. The highest BCUT2D eigenvalue weighted by Gasteiger charge is 2.62. The maximum atomic E-state index is 2.57. The van der Waals surface area contributed by atoms with E-state index in [4.69, 9.17) is 0 Å². The SMILES string of the molecule is CC1=CCC23C[C@H]1C(C)(C)[C@H]2CC[C@@H]3C. The second kappa shape index (κ2) is 2.70. The molecule has 0 heterocycles. The monoisotopic (exact) mass is 204 g/mol. The normalized spacial score (nSPS) is 51.5. The van der Waals surface area contributed by atoms with Crippen LogP contribution >= 0.6 is 0 Å². The van der Waals surface area contributed by atoms with Crippen molar-refractivity contribution in [3.05, 3.63) is 11.6 Å². The van der Waals surface area contributed by atoms with E-state index in [1.807, 2.05) is 0 Å². The largest absolute Gasteiger partial charge is 0.0847 e. The van der Waals surface area contributed by atoms with Crippen LogP contribution in [0.25, 0.3) is 0 Å². The Morgan fingerprint density at radius 1 is 1.27 bits per heavy atom. The first-order valence-corrected chi connectivity index (χ1v) is 6.65. The Bertz CT molecular complexity index is 323. The smallest absolute Gasteiger partial charge is 0.0146 e. The van der Waals surface area contributed by atoms with Gasteiger partial charge in [0.05, 0.1) is 0 Å². The van der Waals surface area contributed by atoms with Crippen molar-refractivity contribution in [3.63, 3.8) is 0 Å². The highest BCUT2D eigenvalue weighted by atomic mass is 14.7. The first-order chi connectivity index (χ1) is 6.98. The number of fused-ring (bicyclic) bond motifs is 1. The third-order valence-corrected chi connectivity index (χ3v) is 6.30. The van der Waals surface area contributed by atoms with Gasteiger partial charge >= 0.3 is 0 Å². The van der Waals surface area contributed by atoms with Gasteiger partial charge in [0.15, 0.2) is 0 Å². The first-order valence-electron chi connectivity index (χ1n) is 6.65. The van der Waals surface area contributed by atoms with E-state index in [0.717, 1.165) is 17.8 Å². The molecule has 3 rings (SSSR count). The Hall–Kier alpha value is -0.260. The summed E-state index contributed by atoms with van der Waals surface area (Å²) in [6.07, 6.45) is 8.41. The van der Waals surface area contributed by atoms with E-state index in [1.165, 1.54) is 25.7 Å². The van der Waals surface area contributed by atoms with Gasteiger partial charge in [-0.15, -0.1) is 0 Å². The van der Waals surface area contributed by atoms with Crippen LogP contribution in [0.15, 0.2) is 11.6 Å². The summed E-state index contributed by atoms with van der Waals surface area (Å²) in [7, 11) is 0. The highest BCUT2D eigenvalue weighted by Crippen LogP contribution is 2.71. The predicted molar refractivity (Wildman–Crippen MR) is 64.6 cm³/mol. The average Bonchev–Trinajstić information content (AvgIpc) is 2.57. The molecule has 3 aliphatic rings. The summed E-state index contributed by atoms with van der Waals surface area (Å²) in [5, 5.41) is 0. The lowest BCUT2D eigenvalue weighted by Gasteiger charge is -2.36. The van der Waals surface area contributed by atoms with Crippen LogP contribution in [0.2, 0.25) is 0 Å². The van der Waals surface area contributed by atoms with Crippen molar-refractivity contribution in [3.8, 4) is 0 Å². The molecule has 0 nitrogen and oxygen atoms in total. The minimum atomic E-state index is 0.571. The molecule has 0 amide bonds. The second-order valence-electron chi connectivity index (χ2n) is 6.99. The van der Waals surface area contributed by atoms with Gasteiger partial charge in [-0.25, -0.2) is 0 Å². The maximum absolute atomic E-state index is 2.57. The lowest BCUT2D eigenvalue weighted by molar-refractivity contribution is 0.128. The van der Waals surface area contributed by atoms with Crippen LogP contribution in [0.1, 0.15) is 53.4 Å². The van der Waals surface area contributed by atoms with Gasteiger partial charge in [0.2, 0.25) is 0 Å². The predicted octanol–water partition coefficient (Wildman–Crippen LogP) is 4.42. The van der Waals surface area contributed by atoms with E-state index in [0.29, 0.717) is 10.8 Å². The first kappa shape index (κ1) is 9.93. The van der Waals surface area contributed by atoms with Crippen molar-refractivity contribution in [2.75, 3.05) is 0 Å². The third kappa shape index (κ3) is 0.990. The van der Waals surface area contributed by atoms with Crippen LogP contribution in [0, 0.1) is 28.6 Å². The molecule has 0 aromatic heterocycles. The van der Waals surface area contributed by atoms with Gasteiger partial charge in [-0.3, -0.25) is 0 Å². The Kier molecular flexibility index (Phi) is 1.79. The zero-order chi connectivity index (χ0) is 10.8. The molecule has 0 radical (unpaired) electrons. The van der Waals surface area contributed by atoms with Crippen molar-refractivity contribution < 1.29 is 0 Å². The average molecular weight is 204 g/mol. The van der Waals surface area contributed by atoms with E-state index < -0.39 is 0 Å². The van der Waals surface area contributed by atoms with E-state index in [1.54, 1.807) is 5.57 Å². The lowest BCUT2D eigenvalue weighted by atomic mass is 9.68. The molecule has 2 saturated carbocycles. The van der Waals surface area contributed by atoms with Gasteiger partial charge in [0, 0.05) is 0 Å². The molecule has 0 aromatic rings. The standard InChI is InChI=1S/C15H24/c1-10-7-8-15-9-12(10)14(3,4)13(15)6-5-11(15)2/h7,11-13H,5-6,8-9H2,1-4H3/t11-,12+,13+,15?/m0/s1. The molecule has 15 heavy (non-hydrogen) atoms. The van der Waals surface area contributed by atoms with Crippen LogP contribution in [-0.2, 0) is 0 Å². The van der Waals surface area contributed by atoms with Crippen LogP contribution in [0.5, 0.6) is 0 Å². The van der Waals surface area contributed by atoms with Crippen LogP contribution < -0.4 is 0 Å². The molecular formula is C15H24. The van der Waals surface area contributed by atoms with Gasteiger partial charge in [-0.2, -0.15) is 0 Å². The minimum absolute atomic E-state index is 0.571. The van der Waals surface area contributed by atoms with Crippen LogP contribution in [-0.4, -0.2) is 0 Å². The topological polar surface area (TPSA) is 0 Å².